The molecule has 0 saturated heterocycles. The molecule has 306 valence electrons. The van der Waals surface area contributed by atoms with E-state index in [1.807, 2.05) is 0 Å². The molecule has 0 aliphatic carbocycles. The molecule has 0 heterocycles. The Morgan fingerprint density at radius 3 is 1.14 bits per heavy atom. The van der Waals surface area contributed by atoms with Crippen LogP contribution in [0.4, 0.5) is 17.6 Å². The summed E-state index contributed by atoms with van der Waals surface area (Å²) in [5.74, 6) is -7.05. The van der Waals surface area contributed by atoms with Gasteiger partial charge in [0.05, 0.1) is 37.6 Å². The second-order valence-electron chi connectivity index (χ2n) is 12.6. The molecular weight excluding hydrogens is 764 g/mol. The van der Waals surface area contributed by atoms with Crippen LogP contribution in [-0.4, -0.2) is 50.3 Å². The molecule has 0 bridgehead atoms. The van der Waals surface area contributed by atoms with E-state index in [9.17, 15) is 28.0 Å². The highest BCUT2D eigenvalue weighted by atomic mass is 19.1. The van der Waals surface area contributed by atoms with E-state index in [2.05, 4.69) is 13.2 Å². The zero-order valence-electron chi connectivity index (χ0n) is 31.6. The van der Waals surface area contributed by atoms with Crippen molar-refractivity contribution >= 4 is 23.9 Å². The van der Waals surface area contributed by atoms with Crippen LogP contribution in [0.25, 0.3) is 11.1 Å². The number of carbonyl (C=O) groups excluding carboxylic acids is 4. The Kier molecular flexibility index (Phi) is 17.5. The van der Waals surface area contributed by atoms with Crippen molar-refractivity contribution in [2.45, 2.75) is 51.4 Å². The van der Waals surface area contributed by atoms with Crippen LogP contribution in [0.2, 0.25) is 0 Å². The lowest BCUT2D eigenvalue weighted by Gasteiger charge is -2.11. The average Bonchev–Trinajstić information content (AvgIpc) is 3.20. The predicted octanol–water partition coefficient (Wildman–Crippen LogP) is 9.69. The first kappa shape index (κ1) is 44.3. The van der Waals surface area contributed by atoms with Gasteiger partial charge in [0.2, 0.25) is 0 Å². The number of esters is 4. The Hall–Kier alpha value is -6.44. The number of carbonyl (C=O) groups is 4. The van der Waals surface area contributed by atoms with Gasteiger partial charge in [-0.1, -0.05) is 13.2 Å². The van der Waals surface area contributed by atoms with Gasteiger partial charge in [-0.25, -0.2) is 36.7 Å². The molecule has 0 unspecified atom stereocenters. The van der Waals surface area contributed by atoms with E-state index >= 15 is 8.78 Å². The van der Waals surface area contributed by atoms with Gasteiger partial charge in [-0.3, -0.25) is 0 Å². The summed E-state index contributed by atoms with van der Waals surface area (Å²) in [5, 5.41) is 0. The molecule has 10 nitrogen and oxygen atoms in total. The molecule has 4 aromatic carbocycles. The lowest BCUT2D eigenvalue weighted by Crippen LogP contribution is -2.11. The third-order valence-corrected chi connectivity index (χ3v) is 8.35. The van der Waals surface area contributed by atoms with Gasteiger partial charge < -0.3 is 28.4 Å². The maximum absolute atomic E-state index is 15.2. The van der Waals surface area contributed by atoms with Crippen LogP contribution in [0.1, 0.15) is 72.1 Å². The molecule has 14 heteroatoms. The Bertz CT molecular complexity index is 1940. The number of rotatable bonds is 23. The van der Waals surface area contributed by atoms with Gasteiger partial charge in [0.1, 0.15) is 46.3 Å². The molecule has 0 atom stereocenters. The summed E-state index contributed by atoms with van der Waals surface area (Å²) < 4.78 is 91.1. The third kappa shape index (κ3) is 13.9. The molecule has 4 rings (SSSR count). The van der Waals surface area contributed by atoms with Crippen molar-refractivity contribution in [1.29, 1.82) is 0 Å². The highest BCUT2D eigenvalue weighted by Gasteiger charge is 2.20. The minimum atomic E-state index is -1.10. The number of benzene rings is 4. The summed E-state index contributed by atoms with van der Waals surface area (Å²) in [7, 11) is 0. The van der Waals surface area contributed by atoms with E-state index in [1.54, 1.807) is 0 Å². The molecule has 0 N–H and O–H groups in total. The second kappa shape index (κ2) is 23.0. The van der Waals surface area contributed by atoms with E-state index in [0.717, 1.165) is 74.2 Å². The van der Waals surface area contributed by atoms with Gasteiger partial charge in [-0.05, 0) is 99.9 Å². The largest absolute Gasteiger partial charge is 0.493 e. The van der Waals surface area contributed by atoms with Crippen LogP contribution in [0.3, 0.4) is 0 Å². The maximum atomic E-state index is 15.2. The lowest BCUT2D eigenvalue weighted by atomic mass is 10.0. The van der Waals surface area contributed by atoms with Crippen molar-refractivity contribution in [2.75, 3.05) is 26.4 Å². The van der Waals surface area contributed by atoms with Gasteiger partial charge in [0.25, 0.3) is 0 Å². The predicted molar refractivity (Wildman–Crippen MR) is 205 cm³/mol. The Labute approximate surface area is 333 Å². The molecule has 0 aliphatic rings. The first-order valence-electron chi connectivity index (χ1n) is 18.5. The quantitative estimate of drug-likeness (QED) is 0.0235. The fraction of sp³-hybridized carbons (Fsp3) is 0.273. The van der Waals surface area contributed by atoms with Crippen LogP contribution in [0.5, 0.6) is 23.0 Å². The second-order valence-corrected chi connectivity index (χ2v) is 12.6. The lowest BCUT2D eigenvalue weighted by molar-refractivity contribution is -0.138. The van der Waals surface area contributed by atoms with Crippen molar-refractivity contribution in [3.8, 4) is 34.1 Å². The van der Waals surface area contributed by atoms with Crippen LogP contribution in [0, 0.1) is 23.3 Å². The minimum absolute atomic E-state index is 0.196. The van der Waals surface area contributed by atoms with E-state index in [4.69, 9.17) is 28.4 Å². The number of hydrogen-bond acceptors (Lipinski definition) is 10. The minimum Gasteiger partial charge on any atom is -0.493 e. The van der Waals surface area contributed by atoms with Crippen molar-refractivity contribution < 1.29 is 65.2 Å². The molecular formula is C44H42F4O10. The average molecular weight is 807 g/mol. The maximum Gasteiger partial charge on any atom is 0.346 e. The standard InChI is InChI=1S/C44H42F4O10/c1-3-41(49)55-23-11-7-5-9-21-53-29-13-19-35(39(47)25-29)43(51)57-31-15-17-33(37(45)27-31)34-18-16-32(28-38(34)46)58-44(52)36-20-14-30(26-40(36)48)54-22-10-6-8-12-24-56-42(50)4-2/h3-4,13-20,25-28H,1-2,5-12,21-24H2. The van der Waals surface area contributed by atoms with Crippen molar-refractivity contribution in [3.63, 3.8) is 0 Å². The first-order valence-corrected chi connectivity index (χ1v) is 18.5. The molecule has 0 spiro atoms. The Morgan fingerprint density at radius 1 is 0.448 bits per heavy atom. The van der Waals surface area contributed by atoms with Crippen LogP contribution < -0.4 is 18.9 Å². The number of halogens is 4. The molecule has 0 aliphatic heterocycles. The zero-order valence-corrected chi connectivity index (χ0v) is 31.6. The summed E-state index contributed by atoms with van der Waals surface area (Å²) in [5.41, 5.74) is -1.27. The van der Waals surface area contributed by atoms with Gasteiger partial charge in [0.15, 0.2) is 0 Å². The third-order valence-electron chi connectivity index (χ3n) is 8.35. The Morgan fingerprint density at radius 2 is 0.793 bits per heavy atom. The molecule has 0 aromatic heterocycles. The summed E-state index contributed by atoms with van der Waals surface area (Å²) in [6.07, 6.45) is 8.09. The van der Waals surface area contributed by atoms with Gasteiger partial charge >= 0.3 is 23.9 Å². The number of hydrogen-bond donors (Lipinski definition) is 0. The molecule has 0 radical (unpaired) electrons. The van der Waals surface area contributed by atoms with Crippen LogP contribution in [-0.2, 0) is 19.1 Å². The van der Waals surface area contributed by atoms with E-state index in [0.29, 0.717) is 52.1 Å². The SMILES string of the molecule is C=CC(=O)OCCCCCCOc1ccc(C(=O)Oc2ccc(-c3ccc(OC(=O)c4ccc(OCCCCCCOC(=O)C=C)cc4F)cc3F)c(F)c2)c(F)c1. The summed E-state index contributed by atoms with van der Waals surface area (Å²) >= 11 is 0. The van der Waals surface area contributed by atoms with E-state index < -0.39 is 58.3 Å². The topological polar surface area (TPSA) is 124 Å². The fourth-order valence-corrected chi connectivity index (χ4v) is 5.34. The van der Waals surface area contributed by atoms with Crippen LogP contribution >= 0.6 is 0 Å². The summed E-state index contributed by atoms with van der Waals surface area (Å²) in [4.78, 5) is 47.4. The number of unbranched alkanes of at least 4 members (excludes halogenated alkanes) is 6. The monoisotopic (exact) mass is 806 g/mol. The highest BCUT2D eigenvalue weighted by Crippen LogP contribution is 2.31. The highest BCUT2D eigenvalue weighted by molar-refractivity contribution is 5.92. The first-order chi connectivity index (χ1) is 28.0. The van der Waals surface area contributed by atoms with Crippen molar-refractivity contribution in [1.82, 2.24) is 0 Å². The van der Waals surface area contributed by atoms with Gasteiger partial charge in [0, 0.05) is 47.5 Å². The molecule has 0 amide bonds. The van der Waals surface area contributed by atoms with E-state index in [1.165, 1.54) is 36.4 Å². The normalized spacial score (nSPS) is 10.6. The van der Waals surface area contributed by atoms with Crippen molar-refractivity contribution in [3.05, 3.63) is 133 Å². The zero-order chi connectivity index (χ0) is 41.9. The Balaban J connectivity index is 1.24. The summed E-state index contributed by atoms with van der Waals surface area (Å²) in [6, 6.07) is 13.6. The van der Waals surface area contributed by atoms with E-state index in [-0.39, 0.29) is 34.1 Å². The molecule has 0 saturated carbocycles. The van der Waals surface area contributed by atoms with Crippen molar-refractivity contribution in [2.24, 2.45) is 0 Å². The molecule has 0 fully saturated rings. The van der Waals surface area contributed by atoms with Crippen LogP contribution in [0.15, 0.2) is 98.1 Å². The number of ether oxygens (including phenoxy) is 6. The van der Waals surface area contributed by atoms with Gasteiger partial charge in [-0.15, -0.1) is 0 Å². The summed E-state index contributed by atoms with van der Waals surface area (Å²) in [6.45, 7) is 7.83. The molecule has 4 aromatic rings. The fourth-order valence-electron chi connectivity index (χ4n) is 5.34. The smallest absolute Gasteiger partial charge is 0.346 e. The molecule has 58 heavy (non-hydrogen) atoms. The van der Waals surface area contributed by atoms with Gasteiger partial charge in [-0.2, -0.15) is 0 Å².